The molecular weight excluding hydrogens is 506 g/mol. The van der Waals surface area contributed by atoms with Gasteiger partial charge in [-0.15, -0.1) is 0 Å². The minimum atomic E-state index is -1.02. The van der Waals surface area contributed by atoms with Crippen LogP contribution in [0.5, 0.6) is 0 Å². The molecule has 3 aromatic carbocycles. The van der Waals surface area contributed by atoms with Crippen LogP contribution in [0.4, 0.5) is 16.2 Å². The summed E-state index contributed by atoms with van der Waals surface area (Å²) in [6.45, 7) is 7.35. The van der Waals surface area contributed by atoms with Gasteiger partial charge in [-0.25, -0.2) is 19.4 Å². The summed E-state index contributed by atoms with van der Waals surface area (Å²) >= 11 is 0. The fourth-order valence-corrected chi connectivity index (χ4v) is 5.01. The Morgan fingerprint density at radius 1 is 0.750 bits per heavy atom. The van der Waals surface area contributed by atoms with Crippen molar-refractivity contribution in [3.8, 4) is 5.69 Å². The van der Waals surface area contributed by atoms with Gasteiger partial charge in [0, 0.05) is 17.1 Å². The molecule has 1 aromatic heterocycles. The third kappa shape index (κ3) is 4.39. The fraction of sp³-hybridized carbons (Fsp3) is 0.125. The molecule has 1 aliphatic heterocycles. The Morgan fingerprint density at radius 3 is 1.95 bits per heavy atom. The summed E-state index contributed by atoms with van der Waals surface area (Å²) in [6.07, 6.45) is 1.50. The summed E-state index contributed by atoms with van der Waals surface area (Å²) < 4.78 is 1.89. The van der Waals surface area contributed by atoms with Crippen LogP contribution in [0.25, 0.3) is 11.8 Å². The first-order valence-electron chi connectivity index (χ1n) is 12.7. The molecule has 8 heteroatoms. The number of aromatic carboxylic acids is 1. The summed E-state index contributed by atoms with van der Waals surface area (Å²) in [5.41, 5.74) is 5.05. The minimum Gasteiger partial charge on any atom is -0.478 e. The largest absolute Gasteiger partial charge is 0.478 e. The van der Waals surface area contributed by atoms with E-state index in [1.165, 1.54) is 6.08 Å². The van der Waals surface area contributed by atoms with Gasteiger partial charge in [0.1, 0.15) is 5.57 Å². The Labute approximate surface area is 231 Å². The predicted octanol–water partition coefficient (Wildman–Crippen LogP) is 5.99. The number of urea groups is 1. The Kier molecular flexibility index (Phi) is 6.69. The lowest BCUT2D eigenvalue weighted by molar-refractivity contribution is -0.121. The van der Waals surface area contributed by atoms with Crippen LogP contribution in [0.15, 0.2) is 84.4 Å². The van der Waals surface area contributed by atoms with Gasteiger partial charge in [-0.3, -0.25) is 9.59 Å². The second kappa shape index (κ2) is 10.1. The van der Waals surface area contributed by atoms with E-state index in [1.54, 1.807) is 73.7 Å². The highest BCUT2D eigenvalue weighted by Crippen LogP contribution is 2.32. The number of hydrogen-bond acceptors (Lipinski definition) is 4. The molecule has 0 atom stereocenters. The lowest BCUT2D eigenvalue weighted by Crippen LogP contribution is -2.57. The number of benzene rings is 3. The second-order valence-corrected chi connectivity index (χ2v) is 9.71. The number of imide groups is 2. The lowest BCUT2D eigenvalue weighted by Gasteiger charge is -2.34. The van der Waals surface area contributed by atoms with Gasteiger partial charge in [-0.05, 0) is 87.4 Å². The zero-order chi connectivity index (χ0) is 28.7. The third-order valence-electron chi connectivity index (χ3n) is 7.10. The maximum absolute atomic E-state index is 13.8. The molecule has 1 fully saturated rings. The molecule has 0 saturated carbocycles. The van der Waals surface area contributed by atoms with Gasteiger partial charge in [-0.1, -0.05) is 42.0 Å². The number of carbonyl (C=O) groups is 4. The maximum atomic E-state index is 13.8. The van der Waals surface area contributed by atoms with Gasteiger partial charge in [0.2, 0.25) is 0 Å². The number of carbonyl (C=O) groups excluding carboxylic acids is 3. The maximum Gasteiger partial charge on any atom is 0.343 e. The van der Waals surface area contributed by atoms with E-state index in [-0.39, 0.29) is 11.1 Å². The molecule has 2 heterocycles. The quantitative estimate of drug-likeness (QED) is 0.251. The van der Waals surface area contributed by atoms with Crippen molar-refractivity contribution < 1.29 is 24.3 Å². The van der Waals surface area contributed by atoms with E-state index in [0.29, 0.717) is 33.9 Å². The Bertz CT molecular complexity index is 1720. The number of rotatable bonds is 5. The van der Waals surface area contributed by atoms with E-state index in [1.807, 2.05) is 37.5 Å². The molecule has 4 amide bonds. The van der Waals surface area contributed by atoms with Crippen molar-refractivity contribution >= 4 is 41.3 Å². The van der Waals surface area contributed by atoms with Crippen LogP contribution in [0, 0.1) is 27.7 Å². The summed E-state index contributed by atoms with van der Waals surface area (Å²) in [5, 5.41) is 9.60. The SMILES string of the molecule is Cc1ccc(N2C(=O)/C(=C/c3cc(C)n(-c4cccc(C(=O)O)c4C)c3C)C(=O)N(c3ccccc3)C2=O)cc1. The van der Waals surface area contributed by atoms with Crippen molar-refractivity contribution in [3.05, 3.63) is 118 Å². The van der Waals surface area contributed by atoms with E-state index < -0.39 is 23.8 Å². The van der Waals surface area contributed by atoms with Crippen molar-refractivity contribution in [2.45, 2.75) is 27.7 Å². The van der Waals surface area contributed by atoms with E-state index in [0.717, 1.165) is 21.1 Å². The van der Waals surface area contributed by atoms with Crippen LogP contribution < -0.4 is 9.80 Å². The van der Waals surface area contributed by atoms with E-state index in [4.69, 9.17) is 0 Å². The zero-order valence-electron chi connectivity index (χ0n) is 22.5. The number of barbiturate groups is 1. The topological polar surface area (TPSA) is 99.9 Å². The predicted molar refractivity (Wildman–Crippen MR) is 153 cm³/mol. The third-order valence-corrected chi connectivity index (χ3v) is 7.10. The average Bonchev–Trinajstić information content (AvgIpc) is 3.20. The number of amides is 4. The van der Waals surface area contributed by atoms with Crippen LogP contribution in [0.3, 0.4) is 0 Å². The molecule has 40 heavy (non-hydrogen) atoms. The molecule has 0 aliphatic carbocycles. The van der Waals surface area contributed by atoms with Gasteiger partial charge >= 0.3 is 12.0 Å². The molecule has 0 bridgehead atoms. The van der Waals surface area contributed by atoms with Crippen LogP contribution in [-0.4, -0.2) is 33.5 Å². The number of carboxylic acids is 1. The average molecular weight is 534 g/mol. The minimum absolute atomic E-state index is 0.166. The standard InChI is InChI=1S/C32H27N3O5/c1-19-13-15-25(16-14-19)35-30(37)27(29(36)34(32(35)40)24-9-6-5-7-10-24)18-23-17-20(2)33(22(23)4)28-12-8-11-26(21(28)3)31(38)39/h5-18H,1-4H3,(H,38,39)/b27-18+. The first kappa shape index (κ1) is 26.4. The molecule has 0 unspecified atom stereocenters. The Hall–Kier alpha value is -5.24. The van der Waals surface area contributed by atoms with Crippen molar-refractivity contribution in [3.63, 3.8) is 0 Å². The number of aryl methyl sites for hydroxylation is 2. The normalized spacial score (nSPS) is 14.8. The molecule has 8 nitrogen and oxygen atoms in total. The highest BCUT2D eigenvalue weighted by molar-refractivity contribution is 6.46. The van der Waals surface area contributed by atoms with E-state index in [9.17, 15) is 24.3 Å². The fourth-order valence-electron chi connectivity index (χ4n) is 5.01. The lowest BCUT2D eigenvalue weighted by atomic mass is 10.0. The highest BCUT2D eigenvalue weighted by Gasteiger charge is 2.43. The van der Waals surface area contributed by atoms with E-state index >= 15 is 0 Å². The van der Waals surface area contributed by atoms with Gasteiger partial charge < -0.3 is 9.67 Å². The van der Waals surface area contributed by atoms with Gasteiger partial charge in [0.15, 0.2) is 0 Å². The Morgan fingerprint density at radius 2 is 1.35 bits per heavy atom. The number of nitrogens with zero attached hydrogens (tertiary/aromatic N) is 3. The van der Waals surface area contributed by atoms with Gasteiger partial charge in [-0.2, -0.15) is 0 Å². The molecule has 1 N–H and O–H groups in total. The van der Waals surface area contributed by atoms with E-state index in [2.05, 4.69) is 0 Å². The van der Waals surface area contributed by atoms with Crippen LogP contribution in [-0.2, 0) is 9.59 Å². The highest BCUT2D eigenvalue weighted by atomic mass is 16.4. The van der Waals surface area contributed by atoms with Crippen molar-refractivity contribution in [1.29, 1.82) is 0 Å². The molecule has 200 valence electrons. The Balaban J connectivity index is 1.66. The first-order valence-corrected chi connectivity index (χ1v) is 12.7. The molecule has 5 rings (SSSR count). The van der Waals surface area contributed by atoms with Gasteiger partial charge in [0.05, 0.1) is 16.9 Å². The molecule has 1 aliphatic rings. The monoisotopic (exact) mass is 533 g/mol. The molecule has 1 saturated heterocycles. The van der Waals surface area contributed by atoms with Crippen LogP contribution >= 0.6 is 0 Å². The molecular formula is C32H27N3O5. The first-order chi connectivity index (χ1) is 19.1. The number of hydrogen-bond donors (Lipinski definition) is 1. The van der Waals surface area contributed by atoms with Crippen molar-refractivity contribution in [2.75, 3.05) is 9.80 Å². The van der Waals surface area contributed by atoms with Crippen molar-refractivity contribution in [1.82, 2.24) is 4.57 Å². The summed E-state index contributed by atoms with van der Waals surface area (Å²) in [4.78, 5) is 54.9. The van der Waals surface area contributed by atoms with Crippen LogP contribution in [0.1, 0.15) is 38.4 Å². The molecule has 4 aromatic rings. The summed E-state index contributed by atoms with van der Waals surface area (Å²) in [6, 6.07) is 21.5. The second-order valence-electron chi connectivity index (χ2n) is 9.71. The van der Waals surface area contributed by atoms with Gasteiger partial charge in [0.25, 0.3) is 11.8 Å². The summed E-state index contributed by atoms with van der Waals surface area (Å²) in [7, 11) is 0. The number of para-hydroxylation sites is 1. The zero-order valence-corrected chi connectivity index (χ0v) is 22.5. The smallest absolute Gasteiger partial charge is 0.343 e. The molecule has 0 radical (unpaired) electrons. The van der Waals surface area contributed by atoms with Crippen molar-refractivity contribution in [2.24, 2.45) is 0 Å². The number of carboxylic acid groups (broad SMARTS) is 1. The molecule has 0 spiro atoms. The van der Waals surface area contributed by atoms with Crippen LogP contribution in [0.2, 0.25) is 0 Å². The summed E-state index contributed by atoms with van der Waals surface area (Å²) in [5.74, 6) is -2.47. The number of anilines is 2. The number of aromatic nitrogens is 1.